The summed E-state index contributed by atoms with van der Waals surface area (Å²) in [4.78, 5) is 28.8. The number of aryl methyl sites for hydroxylation is 1. The molecule has 8 heteroatoms. The molecule has 1 aromatic heterocycles. The van der Waals surface area contributed by atoms with Crippen molar-refractivity contribution in [2.24, 2.45) is 0 Å². The molecular weight excluding hydrogens is 392 g/mol. The first-order chi connectivity index (χ1) is 15.1. The van der Waals surface area contributed by atoms with Gasteiger partial charge >= 0.3 is 6.03 Å². The van der Waals surface area contributed by atoms with Crippen molar-refractivity contribution in [1.29, 1.82) is 0 Å². The van der Waals surface area contributed by atoms with Crippen LogP contribution in [0.4, 0.5) is 16.2 Å². The highest BCUT2D eigenvalue weighted by atomic mass is 16.2. The molecule has 2 aromatic carbocycles. The van der Waals surface area contributed by atoms with Gasteiger partial charge in [0.05, 0.1) is 12.2 Å². The van der Waals surface area contributed by atoms with E-state index in [1.54, 1.807) is 11.1 Å². The van der Waals surface area contributed by atoms with Crippen molar-refractivity contribution in [3.8, 4) is 5.69 Å². The monoisotopic (exact) mass is 418 g/mol. The average molecular weight is 419 g/mol. The molecule has 0 saturated carbocycles. The number of amides is 3. The van der Waals surface area contributed by atoms with Crippen molar-refractivity contribution in [2.45, 2.75) is 6.92 Å². The minimum atomic E-state index is -0.136. The van der Waals surface area contributed by atoms with Crippen LogP contribution in [0.2, 0.25) is 0 Å². The lowest BCUT2D eigenvalue weighted by molar-refractivity contribution is -0.117. The Morgan fingerprint density at radius 1 is 0.903 bits per heavy atom. The van der Waals surface area contributed by atoms with Gasteiger partial charge < -0.3 is 15.5 Å². The smallest absolute Gasteiger partial charge is 0.321 e. The van der Waals surface area contributed by atoms with E-state index in [0.29, 0.717) is 32.7 Å². The molecule has 0 spiro atoms. The van der Waals surface area contributed by atoms with Crippen LogP contribution in [0.5, 0.6) is 0 Å². The molecule has 1 saturated heterocycles. The molecular formula is C23H26N6O2. The normalized spacial score (nSPS) is 14.3. The van der Waals surface area contributed by atoms with Crippen molar-refractivity contribution < 1.29 is 9.59 Å². The predicted octanol–water partition coefficient (Wildman–Crippen LogP) is 2.97. The number of aromatic nitrogens is 2. The molecule has 1 fully saturated rings. The van der Waals surface area contributed by atoms with Crippen molar-refractivity contribution in [2.75, 3.05) is 43.4 Å². The Balaban J connectivity index is 1.27. The number of para-hydroxylation sites is 1. The summed E-state index contributed by atoms with van der Waals surface area (Å²) in [6.07, 6.45) is 1.75. The fourth-order valence-electron chi connectivity index (χ4n) is 3.59. The Kier molecular flexibility index (Phi) is 6.28. The van der Waals surface area contributed by atoms with Crippen molar-refractivity contribution in [3.05, 3.63) is 72.6 Å². The quantitative estimate of drug-likeness (QED) is 0.667. The number of nitrogens with zero attached hydrogens (tertiary/aromatic N) is 4. The van der Waals surface area contributed by atoms with Gasteiger partial charge in [-0.25, -0.2) is 9.48 Å². The topological polar surface area (TPSA) is 82.5 Å². The molecule has 0 atom stereocenters. The van der Waals surface area contributed by atoms with Crippen LogP contribution in [0.15, 0.2) is 66.9 Å². The fraction of sp³-hybridized carbons (Fsp3) is 0.261. The van der Waals surface area contributed by atoms with E-state index < -0.39 is 0 Å². The molecule has 8 nitrogen and oxygen atoms in total. The zero-order chi connectivity index (χ0) is 21.6. The number of hydrogen-bond acceptors (Lipinski definition) is 4. The number of piperazine rings is 1. The molecule has 0 unspecified atom stereocenters. The number of anilines is 2. The summed E-state index contributed by atoms with van der Waals surface area (Å²) in [7, 11) is 0. The van der Waals surface area contributed by atoms with Crippen LogP contribution in [-0.4, -0.2) is 64.2 Å². The van der Waals surface area contributed by atoms with Crippen LogP contribution < -0.4 is 10.6 Å². The van der Waals surface area contributed by atoms with Gasteiger partial charge in [-0.3, -0.25) is 9.69 Å². The Bertz CT molecular complexity index is 1040. The number of nitrogens with one attached hydrogen (secondary N) is 2. The number of carbonyl (C=O) groups excluding carboxylic acids is 2. The van der Waals surface area contributed by atoms with Gasteiger partial charge in [0, 0.05) is 49.4 Å². The first-order valence-corrected chi connectivity index (χ1v) is 10.3. The first-order valence-electron chi connectivity index (χ1n) is 10.3. The van der Waals surface area contributed by atoms with Gasteiger partial charge in [-0.1, -0.05) is 24.3 Å². The lowest BCUT2D eigenvalue weighted by atomic mass is 10.2. The molecule has 2 N–H and O–H groups in total. The molecule has 0 aliphatic carbocycles. The average Bonchev–Trinajstić information content (AvgIpc) is 3.21. The molecule has 1 aliphatic heterocycles. The molecule has 3 amide bonds. The molecule has 3 aromatic rings. The number of carbonyl (C=O) groups is 2. The number of hydrogen-bond donors (Lipinski definition) is 2. The minimum absolute atomic E-state index is 0.0465. The van der Waals surface area contributed by atoms with E-state index in [4.69, 9.17) is 0 Å². The molecule has 160 valence electrons. The van der Waals surface area contributed by atoms with E-state index in [2.05, 4.69) is 20.6 Å². The SMILES string of the molecule is Cc1ccnn1-c1cccc(NC(=O)N2CCN(CC(=O)Nc3ccccc3)CC2)c1. The zero-order valence-electron chi connectivity index (χ0n) is 17.5. The predicted molar refractivity (Wildman–Crippen MR) is 120 cm³/mol. The van der Waals surface area contributed by atoms with Crippen LogP contribution in [0.1, 0.15) is 5.69 Å². The van der Waals surface area contributed by atoms with E-state index in [0.717, 1.165) is 22.8 Å². The van der Waals surface area contributed by atoms with E-state index in [9.17, 15) is 9.59 Å². The second kappa shape index (κ2) is 9.44. The summed E-state index contributed by atoms with van der Waals surface area (Å²) in [5.74, 6) is -0.0465. The number of urea groups is 1. The zero-order valence-corrected chi connectivity index (χ0v) is 17.5. The van der Waals surface area contributed by atoms with Gasteiger partial charge in [0.25, 0.3) is 0 Å². The lowest BCUT2D eigenvalue weighted by Crippen LogP contribution is -2.51. The van der Waals surface area contributed by atoms with Gasteiger partial charge in [-0.15, -0.1) is 0 Å². The highest BCUT2D eigenvalue weighted by Crippen LogP contribution is 2.16. The largest absolute Gasteiger partial charge is 0.325 e. The van der Waals surface area contributed by atoms with E-state index in [1.807, 2.05) is 72.3 Å². The second-order valence-electron chi connectivity index (χ2n) is 7.54. The summed E-state index contributed by atoms with van der Waals surface area (Å²) >= 11 is 0. The number of benzene rings is 2. The highest BCUT2D eigenvalue weighted by molar-refractivity contribution is 5.92. The van der Waals surface area contributed by atoms with E-state index in [1.165, 1.54) is 0 Å². The lowest BCUT2D eigenvalue weighted by Gasteiger charge is -2.34. The standard InChI is InChI=1S/C23H26N6O2/c1-18-10-11-24-29(18)21-9-5-8-20(16-21)26-23(31)28-14-12-27(13-15-28)17-22(30)25-19-6-3-2-4-7-19/h2-11,16H,12-15,17H2,1H3,(H,25,30)(H,26,31). The maximum absolute atomic E-state index is 12.7. The van der Waals surface area contributed by atoms with Crippen molar-refractivity contribution >= 4 is 23.3 Å². The third-order valence-electron chi connectivity index (χ3n) is 5.26. The van der Waals surface area contributed by atoms with E-state index >= 15 is 0 Å². The summed E-state index contributed by atoms with van der Waals surface area (Å²) < 4.78 is 1.83. The van der Waals surface area contributed by atoms with Gasteiger partial charge in [0.1, 0.15) is 0 Å². The van der Waals surface area contributed by atoms with Crippen LogP contribution in [0.25, 0.3) is 5.69 Å². The van der Waals surface area contributed by atoms with Crippen LogP contribution in [0.3, 0.4) is 0 Å². The van der Waals surface area contributed by atoms with Crippen LogP contribution >= 0.6 is 0 Å². The van der Waals surface area contributed by atoms with Crippen molar-refractivity contribution in [3.63, 3.8) is 0 Å². The van der Waals surface area contributed by atoms with Crippen LogP contribution in [-0.2, 0) is 4.79 Å². The summed E-state index contributed by atoms with van der Waals surface area (Å²) in [6.45, 7) is 4.75. The number of rotatable bonds is 5. The Morgan fingerprint density at radius 3 is 2.35 bits per heavy atom. The summed E-state index contributed by atoms with van der Waals surface area (Å²) in [5.41, 5.74) is 3.44. The molecule has 0 radical (unpaired) electrons. The maximum Gasteiger partial charge on any atom is 0.321 e. The Hall–Kier alpha value is -3.65. The van der Waals surface area contributed by atoms with Gasteiger partial charge in [-0.2, -0.15) is 5.10 Å². The summed E-state index contributed by atoms with van der Waals surface area (Å²) in [6, 6.07) is 18.8. The highest BCUT2D eigenvalue weighted by Gasteiger charge is 2.22. The molecule has 1 aliphatic rings. The Morgan fingerprint density at radius 2 is 1.65 bits per heavy atom. The summed E-state index contributed by atoms with van der Waals surface area (Å²) in [5, 5.41) is 10.2. The fourth-order valence-corrected chi connectivity index (χ4v) is 3.59. The van der Waals surface area contributed by atoms with Crippen molar-refractivity contribution in [1.82, 2.24) is 19.6 Å². The minimum Gasteiger partial charge on any atom is -0.325 e. The molecule has 2 heterocycles. The maximum atomic E-state index is 12.7. The van der Waals surface area contributed by atoms with Gasteiger partial charge in [-0.05, 0) is 43.3 Å². The first kappa shape index (κ1) is 20.6. The molecule has 4 rings (SSSR count). The third-order valence-corrected chi connectivity index (χ3v) is 5.26. The second-order valence-corrected chi connectivity index (χ2v) is 7.54. The molecule has 31 heavy (non-hydrogen) atoms. The van der Waals surface area contributed by atoms with E-state index in [-0.39, 0.29) is 11.9 Å². The molecule has 0 bridgehead atoms. The Labute approximate surface area is 181 Å². The van der Waals surface area contributed by atoms with Gasteiger partial charge in [0.15, 0.2) is 0 Å². The van der Waals surface area contributed by atoms with Crippen LogP contribution in [0, 0.1) is 6.92 Å². The van der Waals surface area contributed by atoms with Gasteiger partial charge in [0.2, 0.25) is 5.91 Å². The third kappa shape index (κ3) is 5.29.